The second kappa shape index (κ2) is 6.02. The summed E-state index contributed by atoms with van der Waals surface area (Å²) in [7, 11) is 2.03. The zero-order chi connectivity index (χ0) is 14.8. The standard InChI is InChI=1S/C16H25N5/c1-12(2)18-10-13-5-8-21(9-6-13)16-15-14(4-7-17-16)20(3)11-19-15/h4,7,11-13,18H,5-6,8-10H2,1-3H3. The molecule has 3 heterocycles. The van der Waals surface area contributed by atoms with Crippen LogP contribution in [0.2, 0.25) is 0 Å². The van der Waals surface area contributed by atoms with E-state index >= 15 is 0 Å². The molecule has 0 spiro atoms. The number of rotatable bonds is 4. The number of fused-ring (bicyclic) bond motifs is 1. The second-order valence-corrected chi connectivity index (χ2v) is 6.35. The molecule has 0 saturated carbocycles. The van der Waals surface area contributed by atoms with Crippen molar-refractivity contribution in [1.29, 1.82) is 0 Å². The van der Waals surface area contributed by atoms with Gasteiger partial charge in [0.05, 0.1) is 11.8 Å². The molecule has 0 aliphatic carbocycles. The average Bonchev–Trinajstić information content (AvgIpc) is 2.87. The molecule has 0 aromatic carbocycles. The van der Waals surface area contributed by atoms with Crippen molar-refractivity contribution >= 4 is 16.9 Å². The predicted octanol–water partition coefficient (Wildman–Crippen LogP) is 2.18. The SMILES string of the molecule is CC(C)NCC1CCN(c2nccc3c2ncn3C)CC1. The van der Waals surface area contributed by atoms with Crippen molar-refractivity contribution in [3.05, 3.63) is 18.6 Å². The summed E-state index contributed by atoms with van der Waals surface area (Å²) in [6, 6.07) is 2.61. The fourth-order valence-electron chi connectivity index (χ4n) is 3.03. The molecule has 5 nitrogen and oxygen atoms in total. The van der Waals surface area contributed by atoms with Crippen molar-refractivity contribution in [3.8, 4) is 0 Å². The Kier molecular flexibility index (Phi) is 4.10. The molecule has 0 unspecified atom stereocenters. The third kappa shape index (κ3) is 3.02. The minimum Gasteiger partial charge on any atom is -0.355 e. The zero-order valence-corrected chi connectivity index (χ0v) is 13.2. The molecule has 0 amide bonds. The van der Waals surface area contributed by atoms with Crippen LogP contribution in [0.5, 0.6) is 0 Å². The van der Waals surface area contributed by atoms with E-state index in [4.69, 9.17) is 0 Å². The van der Waals surface area contributed by atoms with Crippen LogP contribution in [0.4, 0.5) is 5.82 Å². The van der Waals surface area contributed by atoms with Crippen LogP contribution in [-0.4, -0.2) is 40.2 Å². The third-order valence-corrected chi connectivity index (χ3v) is 4.35. The Morgan fingerprint density at radius 2 is 2.05 bits per heavy atom. The molecule has 1 aliphatic rings. The molecule has 1 N–H and O–H groups in total. The zero-order valence-electron chi connectivity index (χ0n) is 13.2. The van der Waals surface area contributed by atoms with E-state index in [1.165, 1.54) is 12.8 Å². The van der Waals surface area contributed by atoms with E-state index < -0.39 is 0 Å². The van der Waals surface area contributed by atoms with E-state index in [2.05, 4.69) is 38.6 Å². The first-order valence-corrected chi connectivity index (χ1v) is 7.89. The minimum absolute atomic E-state index is 0.576. The number of imidazole rings is 1. The van der Waals surface area contributed by atoms with Crippen LogP contribution in [0.15, 0.2) is 18.6 Å². The third-order valence-electron chi connectivity index (χ3n) is 4.35. The lowest BCUT2D eigenvalue weighted by Gasteiger charge is -2.33. The van der Waals surface area contributed by atoms with Gasteiger partial charge in [-0.2, -0.15) is 0 Å². The van der Waals surface area contributed by atoms with E-state index in [1.54, 1.807) is 0 Å². The fourth-order valence-corrected chi connectivity index (χ4v) is 3.03. The molecule has 114 valence electrons. The van der Waals surface area contributed by atoms with Crippen LogP contribution >= 0.6 is 0 Å². The molecule has 2 aromatic rings. The molecule has 1 saturated heterocycles. The Morgan fingerprint density at radius 3 is 2.76 bits per heavy atom. The minimum atomic E-state index is 0.576. The highest BCUT2D eigenvalue weighted by atomic mass is 15.2. The topological polar surface area (TPSA) is 46.0 Å². The van der Waals surface area contributed by atoms with Gasteiger partial charge in [-0.05, 0) is 31.4 Å². The van der Waals surface area contributed by atoms with Crippen molar-refractivity contribution < 1.29 is 0 Å². The van der Waals surface area contributed by atoms with E-state index in [9.17, 15) is 0 Å². The fraction of sp³-hybridized carbons (Fsp3) is 0.625. The van der Waals surface area contributed by atoms with E-state index in [0.717, 1.165) is 42.4 Å². The van der Waals surface area contributed by atoms with Crippen molar-refractivity contribution in [1.82, 2.24) is 19.9 Å². The number of aryl methyl sites for hydroxylation is 1. The maximum atomic E-state index is 4.58. The highest BCUT2D eigenvalue weighted by molar-refractivity contribution is 5.86. The van der Waals surface area contributed by atoms with Crippen molar-refractivity contribution in [2.75, 3.05) is 24.5 Å². The largest absolute Gasteiger partial charge is 0.355 e. The summed E-state index contributed by atoms with van der Waals surface area (Å²) in [5.74, 6) is 1.83. The van der Waals surface area contributed by atoms with Gasteiger partial charge in [0.15, 0.2) is 5.82 Å². The van der Waals surface area contributed by atoms with Crippen molar-refractivity contribution in [2.24, 2.45) is 13.0 Å². The highest BCUT2D eigenvalue weighted by Crippen LogP contribution is 2.26. The number of anilines is 1. The number of nitrogens with one attached hydrogen (secondary N) is 1. The van der Waals surface area contributed by atoms with E-state index in [1.807, 2.05) is 25.6 Å². The first-order chi connectivity index (χ1) is 10.1. The maximum absolute atomic E-state index is 4.58. The Labute approximate surface area is 126 Å². The second-order valence-electron chi connectivity index (χ2n) is 6.35. The molecule has 1 fully saturated rings. The molecule has 0 bridgehead atoms. The van der Waals surface area contributed by atoms with Crippen LogP contribution in [0.25, 0.3) is 11.0 Å². The van der Waals surface area contributed by atoms with Gasteiger partial charge < -0.3 is 14.8 Å². The Balaban J connectivity index is 1.68. The van der Waals surface area contributed by atoms with Crippen LogP contribution in [0, 0.1) is 5.92 Å². The predicted molar refractivity (Wildman–Crippen MR) is 86.6 cm³/mol. The molecule has 1 aliphatic heterocycles. The van der Waals surface area contributed by atoms with Crippen LogP contribution in [0.3, 0.4) is 0 Å². The van der Waals surface area contributed by atoms with Gasteiger partial charge in [-0.3, -0.25) is 0 Å². The summed E-state index contributed by atoms with van der Waals surface area (Å²) in [4.78, 5) is 11.5. The lowest BCUT2D eigenvalue weighted by molar-refractivity contribution is 0.370. The quantitative estimate of drug-likeness (QED) is 0.936. The van der Waals surface area contributed by atoms with Gasteiger partial charge in [-0.15, -0.1) is 0 Å². The van der Waals surface area contributed by atoms with Gasteiger partial charge in [0.1, 0.15) is 5.52 Å². The monoisotopic (exact) mass is 287 g/mol. The van der Waals surface area contributed by atoms with Crippen LogP contribution in [0.1, 0.15) is 26.7 Å². The molecule has 21 heavy (non-hydrogen) atoms. The lowest BCUT2D eigenvalue weighted by Crippen LogP contribution is -2.39. The van der Waals surface area contributed by atoms with Crippen LogP contribution < -0.4 is 10.2 Å². The number of piperidine rings is 1. The summed E-state index contributed by atoms with van der Waals surface area (Å²) in [5, 5.41) is 3.55. The number of hydrogen-bond donors (Lipinski definition) is 1. The molecule has 3 rings (SSSR count). The lowest BCUT2D eigenvalue weighted by atomic mass is 9.96. The molecule has 0 radical (unpaired) electrons. The Hall–Kier alpha value is -1.62. The highest BCUT2D eigenvalue weighted by Gasteiger charge is 2.22. The molecule has 0 atom stereocenters. The van der Waals surface area contributed by atoms with Crippen LogP contribution in [-0.2, 0) is 7.05 Å². The van der Waals surface area contributed by atoms with Gasteiger partial charge in [-0.25, -0.2) is 9.97 Å². The summed E-state index contributed by atoms with van der Waals surface area (Å²) in [5.41, 5.74) is 2.18. The Morgan fingerprint density at radius 1 is 1.29 bits per heavy atom. The number of aromatic nitrogens is 3. The average molecular weight is 287 g/mol. The normalized spacial score (nSPS) is 17.0. The van der Waals surface area contributed by atoms with E-state index in [0.29, 0.717) is 6.04 Å². The number of hydrogen-bond acceptors (Lipinski definition) is 4. The summed E-state index contributed by atoms with van der Waals surface area (Å²) >= 11 is 0. The van der Waals surface area contributed by atoms with E-state index in [-0.39, 0.29) is 0 Å². The van der Waals surface area contributed by atoms with Crippen molar-refractivity contribution in [3.63, 3.8) is 0 Å². The summed E-state index contributed by atoms with van der Waals surface area (Å²) in [6.07, 6.45) is 6.22. The van der Waals surface area contributed by atoms with Crippen molar-refractivity contribution in [2.45, 2.75) is 32.7 Å². The molecule has 5 heteroatoms. The number of nitrogens with zero attached hydrogens (tertiary/aromatic N) is 4. The van der Waals surface area contributed by atoms with Gasteiger partial charge in [0, 0.05) is 32.4 Å². The summed E-state index contributed by atoms with van der Waals surface area (Å²) in [6.45, 7) is 7.70. The van der Waals surface area contributed by atoms with Gasteiger partial charge in [0.2, 0.25) is 0 Å². The first kappa shape index (κ1) is 14.3. The first-order valence-electron chi connectivity index (χ1n) is 7.89. The maximum Gasteiger partial charge on any atom is 0.156 e. The summed E-state index contributed by atoms with van der Waals surface area (Å²) < 4.78 is 2.06. The smallest absolute Gasteiger partial charge is 0.156 e. The van der Waals surface area contributed by atoms with Gasteiger partial charge in [0.25, 0.3) is 0 Å². The molecule has 2 aromatic heterocycles. The Bertz CT molecular complexity index is 596. The molecular formula is C16H25N5. The number of pyridine rings is 1. The van der Waals surface area contributed by atoms with Gasteiger partial charge in [-0.1, -0.05) is 13.8 Å². The molecular weight excluding hydrogens is 262 g/mol. The van der Waals surface area contributed by atoms with Gasteiger partial charge >= 0.3 is 0 Å².